The van der Waals surface area contributed by atoms with Gasteiger partial charge in [-0.25, -0.2) is 4.79 Å². The van der Waals surface area contributed by atoms with Crippen LogP contribution in [0.4, 0.5) is 10.5 Å². The number of pyridine rings is 1. The van der Waals surface area contributed by atoms with Crippen molar-refractivity contribution >= 4 is 17.6 Å². The Hall–Kier alpha value is -2.35. The van der Waals surface area contributed by atoms with Gasteiger partial charge in [0.05, 0.1) is 5.69 Å². The van der Waals surface area contributed by atoms with E-state index in [-0.39, 0.29) is 29.5 Å². The molecular formula is C25H37N5O3. The summed E-state index contributed by atoms with van der Waals surface area (Å²) in [6, 6.07) is 3.96. The molecule has 4 aliphatic rings. The normalized spacial score (nSPS) is 26.5. The molecule has 33 heavy (non-hydrogen) atoms. The molecule has 180 valence electrons. The molecule has 1 aromatic heterocycles. The van der Waals surface area contributed by atoms with Crippen LogP contribution in [0.3, 0.4) is 0 Å². The lowest BCUT2D eigenvalue weighted by Gasteiger charge is -2.47. The Balaban J connectivity index is 1.30. The van der Waals surface area contributed by atoms with Gasteiger partial charge in [0.2, 0.25) is 5.91 Å². The number of hydrogen-bond acceptors (Lipinski definition) is 4. The number of carbonyl (C=O) groups excluding carboxylic acids is 2. The molecule has 1 aromatic rings. The quantitative estimate of drug-likeness (QED) is 0.734. The second kappa shape index (κ2) is 9.49. The topological polar surface area (TPSA) is 86.7 Å². The Bertz CT molecular complexity index is 946. The fraction of sp³-hybridized carbons (Fsp3) is 0.720. The van der Waals surface area contributed by atoms with Crippen LogP contribution in [0.5, 0.6) is 0 Å². The maximum atomic E-state index is 12.8. The number of likely N-dealkylation sites (tertiary alicyclic amines) is 2. The fourth-order valence-corrected chi connectivity index (χ4v) is 6.59. The minimum absolute atomic E-state index is 0.0288. The average molecular weight is 456 g/mol. The zero-order valence-electron chi connectivity index (χ0n) is 19.7. The van der Waals surface area contributed by atoms with Crippen LogP contribution >= 0.6 is 0 Å². The molecule has 2 saturated heterocycles. The molecule has 0 unspecified atom stereocenters. The summed E-state index contributed by atoms with van der Waals surface area (Å²) in [4.78, 5) is 41.7. The van der Waals surface area contributed by atoms with E-state index in [1.807, 2.05) is 9.47 Å². The number of nitrogens with one attached hydrogen (secondary N) is 2. The van der Waals surface area contributed by atoms with Gasteiger partial charge in [-0.2, -0.15) is 0 Å². The number of amides is 3. The first kappa shape index (κ1) is 22.4. The number of carbonyl (C=O) groups is 2. The van der Waals surface area contributed by atoms with E-state index < -0.39 is 0 Å². The van der Waals surface area contributed by atoms with Crippen LogP contribution in [0.15, 0.2) is 16.9 Å². The molecule has 2 atom stereocenters. The molecule has 2 bridgehead atoms. The number of rotatable bonds is 3. The molecule has 5 rings (SSSR count). The van der Waals surface area contributed by atoms with Gasteiger partial charge in [-0.1, -0.05) is 19.3 Å². The van der Waals surface area contributed by atoms with E-state index >= 15 is 0 Å². The standard InChI is InChI=1S/C25H37N5O3/c1-17(31)28-11-9-21(10-12-28)29-14-18-13-19(16-29)24-22(7-8-23(32)30(24)15-18)27-25(33)26-20-5-3-2-4-6-20/h7-8,18-21H,2-6,9-16H2,1H3,(H2,26,27,33)/t18-,19+/m0/s1. The second-order valence-electron chi connectivity index (χ2n) is 10.5. The lowest BCUT2D eigenvalue weighted by molar-refractivity contribution is -0.130. The number of hydrogen-bond donors (Lipinski definition) is 2. The molecule has 8 nitrogen and oxygen atoms in total. The number of anilines is 1. The smallest absolute Gasteiger partial charge is 0.319 e. The molecule has 1 aliphatic carbocycles. The van der Waals surface area contributed by atoms with E-state index in [1.54, 1.807) is 19.1 Å². The summed E-state index contributed by atoms with van der Waals surface area (Å²) in [5.74, 6) is 0.854. The Morgan fingerprint density at radius 1 is 0.970 bits per heavy atom. The summed E-state index contributed by atoms with van der Waals surface area (Å²) in [7, 11) is 0. The molecule has 0 radical (unpaired) electrons. The number of piperidine rings is 2. The number of aromatic nitrogens is 1. The third-order valence-corrected chi connectivity index (χ3v) is 8.23. The van der Waals surface area contributed by atoms with Gasteiger partial charge in [0.15, 0.2) is 0 Å². The minimum atomic E-state index is -0.158. The Morgan fingerprint density at radius 2 is 1.73 bits per heavy atom. The SMILES string of the molecule is CC(=O)N1CCC(N2C[C@@H]3C[C@H](C2)c2c(NC(=O)NC4CCCCC4)ccc(=O)n2C3)CC1. The monoisotopic (exact) mass is 455 g/mol. The van der Waals surface area contributed by atoms with E-state index in [0.29, 0.717) is 18.5 Å². The zero-order valence-corrected chi connectivity index (χ0v) is 19.7. The summed E-state index contributed by atoms with van der Waals surface area (Å²) in [6.07, 6.45) is 8.76. The number of urea groups is 1. The fourth-order valence-electron chi connectivity index (χ4n) is 6.59. The first-order valence-electron chi connectivity index (χ1n) is 12.8. The van der Waals surface area contributed by atoms with Crippen molar-refractivity contribution in [3.8, 4) is 0 Å². The van der Waals surface area contributed by atoms with Crippen molar-refractivity contribution in [3.05, 3.63) is 28.2 Å². The van der Waals surface area contributed by atoms with E-state index in [1.165, 1.54) is 19.3 Å². The predicted molar refractivity (Wildman–Crippen MR) is 127 cm³/mol. The highest BCUT2D eigenvalue weighted by Crippen LogP contribution is 2.40. The molecule has 3 fully saturated rings. The van der Waals surface area contributed by atoms with Gasteiger partial charge in [0.25, 0.3) is 5.56 Å². The van der Waals surface area contributed by atoms with E-state index in [4.69, 9.17) is 0 Å². The molecular weight excluding hydrogens is 418 g/mol. The van der Waals surface area contributed by atoms with Gasteiger partial charge in [-0.15, -0.1) is 0 Å². The zero-order chi connectivity index (χ0) is 22.9. The summed E-state index contributed by atoms with van der Waals surface area (Å²) in [6.45, 7) is 5.94. The maximum absolute atomic E-state index is 12.8. The van der Waals surface area contributed by atoms with Crippen LogP contribution in [-0.2, 0) is 11.3 Å². The van der Waals surface area contributed by atoms with Gasteiger partial charge in [-0.05, 0) is 44.1 Å². The summed E-state index contributed by atoms with van der Waals surface area (Å²) in [5.41, 5.74) is 1.80. The Morgan fingerprint density at radius 3 is 2.45 bits per heavy atom. The molecule has 8 heteroatoms. The Labute approximate surface area is 195 Å². The largest absolute Gasteiger partial charge is 0.343 e. The third kappa shape index (κ3) is 4.81. The van der Waals surface area contributed by atoms with Crippen molar-refractivity contribution in [1.29, 1.82) is 0 Å². The van der Waals surface area contributed by atoms with Gasteiger partial charge in [0, 0.05) is 69.4 Å². The van der Waals surface area contributed by atoms with Crippen molar-refractivity contribution < 1.29 is 9.59 Å². The first-order valence-corrected chi connectivity index (χ1v) is 12.8. The van der Waals surface area contributed by atoms with Crippen LogP contribution in [0.25, 0.3) is 0 Å². The van der Waals surface area contributed by atoms with E-state index in [2.05, 4.69) is 15.5 Å². The van der Waals surface area contributed by atoms with Gasteiger partial charge >= 0.3 is 6.03 Å². The first-order chi connectivity index (χ1) is 16.0. The average Bonchev–Trinajstić information content (AvgIpc) is 2.81. The highest BCUT2D eigenvalue weighted by Gasteiger charge is 2.39. The van der Waals surface area contributed by atoms with Crippen LogP contribution in [0.1, 0.15) is 69.9 Å². The lowest BCUT2D eigenvalue weighted by atomic mass is 9.81. The summed E-state index contributed by atoms with van der Waals surface area (Å²) >= 11 is 0. The molecule has 1 saturated carbocycles. The van der Waals surface area contributed by atoms with E-state index in [9.17, 15) is 14.4 Å². The molecule has 2 N–H and O–H groups in total. The van der Waals surface area contributed by atoms with Crippen molar-refractivity contribution in [1.82, 2.24) is 19.7 Å². The molecule has 3 aliphatic heterocycles. The predicted octanol–water partition coefficient (Wildman–Crippen LogP) is 2.73. The number of fused-ring (bicyclic) bond motifs is 4. The molecule has 3 amide bonds. The Kier molecular flexibility index (Phi) is 6.45. The van der Waals surface area contributed by atoms with Gasteiger partial charge < -0.3 is 20.1 Å². The minimum Gasteiger partial charge on any atom is -0.343 e. The van der Waals surface area contributed by atoms with Crippen LogP contribution in [0.2, 0.25) is 0 Å². The van der Waals surface area contributed by atoms with Crippen LogP contribution in [0, 0.1) is 5.92 Å². The number of nitrogens with zero attached hydrogens (tertiary/aromatic N) is 3. The van der Waals surface area contributed by atoms with Crippen molar-refractivity contribution in [2.24, 2.45) is 5.92 Å². The lowest BCUT2D eigenvalue weighted by Crippen LogP contribution is -2.53. The second-order valence-corrected chi connectivity index (χ2v) is 10.5. The van der Waals surface area contributed by atoms with Gasteiger partial charge in [-0.3, -0.25) is 14.5 Å². The summed E-state index contributed by atoms with van der Waals surface area (Å²) < 4.78 is 1.91. The van der Waals surface area contributed by atoms with E-state index in [0.717, 1.165) is 69.7 Å². The molecule has 4 heterocycles. The van der Waals surface area contributed by atoms with Crippen molar-refractivity contribution in [2.45, 2.75) is 82.8 Å². The summed E-state index contributed by atoms with van der Waals surface area (Å²) in [5, 5.41) is 6.23. The highest BCUT2D eigenvalue weighted by atomic mass is 16.2. The van der Waals surface area contributed by atoms with Crippen molar-refractivity contribution in [3.63, 3.8) is 0 Å². The molecule has 0 aromatic carbocycles. The molecule has 0 spiro atoms. The van der Waals surface area contributed by atoms with Crippen LogP contribution < -0.4 is 16.2 Å². The maximum Gasteiger partial charge on any atom is 0.319 e. The van der Waals surface area contributed by atoms with Crippen molar-refractivity contribution in [2.75, 3.05) is 31.5 Å². The third-order valence-electron chi connectivity index (χ3n) is 8.23. The van der Waals surface area contributed by atoms with Gasteiger partial charge in [0.1, 0.15) is 0 Å². The van der Waals surface area contributed by atoms with Crippen LogP contribution in [-0.4, -0.2) is 64.6 Å². The highest BCUT2D eigenvalue weighted by molar-refractivity contribution is 5.90.